The van der Waals surface area contributed by atoms with Gasteiger partial charge in [0.2, 0.25) is 0 Å². The van der Waals surface area contributed by atoms with Gasteiger partial charge in [0.15, 0.2) is 0 Å². The fraction of sp³-hybridized carbons (Fsp3) is 0.167. The molecule has 1 heterocycles. The molecule has 0 unspecified atom stereocenters. The Balaban J connectivity index is 2.38. The number of aromatic nitrogens is 2. The maximum atomic E-state index is 5.97. The molecule has 2 aromatic rings. The van der Waals surface area contributed by atoms with Gasteiger partial charge in [0, 0.05) is 18.2 Å². The van der Waals surface area contributed by atoms with Gasteiger partial charge in [-0.05, 0) is 24.7 Å². The highest BCUT2D eigenvalue weighted by Gasteiger charge is 2.04. The molecule has 0 saturated carbocycles. The number of benzene rings is 1. The fourth-order valence-corrected chi connectivity index (χ4v) is 1.76. The zero-order chi connectivity index (χ0) is 12.3. The predicted molar refractivity (Wildman–Crippen MR) is 70.2 cm³/mol. The Bertz CT molecular complexity index is 529. The van der Waals surface area contributed by atoms with Gasteiger partial charge in [-0.25, -0.2) is 9.97 Å². The van der Waals surface area contributed by atoms with Gasteiger partial charge in [-0.1, -0.05) is 29.3 Å². The van der Waals surface area contributed by atoms with Crippen molar-refractivity contribution in [2.24, 2.45) is 5.73 Å². The maximum absolute atomic E-state index is 5.97. The molecule has 0 radical (unpaired) electrons. The molecular weight excluding hydrogens is 257 g/mol. The summed E-state index contributed by atoms with van der Waals surface area (Å²) in [5.41, 5.74) is 7.21. The number of hydrogen-bond acceptors (Lipinski definition) is 3. The van der Waals surface area contributed by atoms with Crippen LogP contribution >= 0.6 is 23.2 Å². The molecule has 17 heavy (non-hydrogen) atoms. The molecule has 0 spiro atoms. The van der Waals surface area contributed by atoms with Crippen molar-refractivity contribution in [1.29, 1.82) is 0 Å². The minimum atomic E-state index is 0.517. The molecule has 0 aliphatic carbocycles. The first kappa shape index (κ1) is 12.3. The van der Waals surface area contributed by atoms with Crippen molar-refractivity contribution in [3.8, 4) is 11.3 Å². The summed E-state index contributed by atoms with van der Waals surface area (Å²) in [7, 11) is 0. The molecule has 2 N–H and O–H groups in total. The molecule has 0 amide bonds. The first-order valence-corrected chi connectivity index (χ1v) is 5.93. The minimum Gasteiger partial charge on any atom is -0.330 e. The van der Waals surface area contributed by atoms with Crippen molar-refractivity contribution < 1.29 is 0 Å². The number of halogens is 2. The Morgan fingerprint density at radius 2 is 1.94 bits per heavy atom. The zero-order valence-corrected chi connectivity index (χ0v) is 10.5. The average molecular weight is 268 g/mol. The lowest BCUT2D eigenvalue weighted by molar-refractivity contribution is 0.869. The van der Waals surface area contributed by atoms with Crippen LogP contribution < -0.4 is 5.73 Å². The van der Waals surface area contributed by atoms with Gasteiger partial charge in [0.1, 0.15) is 5.82 Å². The second-order valence-corrected chi connectivity index (χ2v) is 4.34. The maximum Gasteiger partial charge on any atom is 0.130 e. The summed E-state index contributed by atoms with van der Waals surface area (Å²) in [5, 5.41) is 1.05. The zero-order valence-electron chi connectivity index (χ0n) is 9.03. The lowest BCUT2D eigenvalue weighted by Crippen LogP contribution is -2.06. The van der Waals surface area contributed by atoms with Crippen LogP contribution in [0, 0.1) is 0 Å². The number of hydrogen-bond donors (Lipinski definition) is 1. The van der Waals surface area contributed by atoms with Crippen molar-refractivity contribution in [2.75, 3.05) is 6.54 Å². The van der Waals surface area contributed by atoms with Gasteiger partial charge >= 0.3 is 0 Å². The molecule has 1 aromatic carbocycles. The van der Waals surface area contributed by atoms with Crippen LogP contribution in [0.25, 0.3) is 11.3 Å². The number of nitrogens with zero attached hydrogens (tertiary/aromatic N) is 2. The normalized spacial score (nSPS) is 10.5. The molecule has 3 nitrogen and oxygen atoms in total. The van der Waals surface area contributed by atoms with Crippen molar-refractivity contribution >= 4 is 23.2 Å². The lowest BCUT2D eigenvalue weighted by atomic mass is 10.1. The Kier molecular flexibility index (Phi) is 3.94. The Morgan fingerprint density at radius 1 is 1.12 bits per heavy atom. The third-order valence-electron chi connectivity index (χ3n) is 2.29. The second-order valence-electron chi connectivity index (χ2n) is 3.53. The third kappa shape index (κ3) is 2.94. The predicted octanol–water partition coefficient (Wildman–Crippen LogP) is 2.95. The van der Waals surface area contributed by atoms with E-state index in [-0.39, 0.29) is 0 Å². The van der Waals surface area contributed by atoms with Crippen molar-refractivity contribution in [3.05, 3.63) is 46.3 Å². The van der Waals surface area contributed by atoms with Crippen LogP contribution in [-0.2, 0) is 6.42 Å². The van der Waals surface area contributed by atoms with Crippen molar-refractivity contribution in [1.82, 2.24) is 9.97 Å². The summed E-state index contributed by atoms with van der Waals surface area (Å²) in [6, 6.07) is 7.25. The van der Waals surface area contributed by atoms with Gasteiger partial charge in [0.05, 0.1) is 15.7 Å². The molecule has 5 heteroatoms. The molecule has 0 bridgehead atoms. The minimum absolute atomic E-state index is 0.517. The van der Waals surface area contributed by atoms with Gasteiger partial charge < -0.3 is 5.73 Å². The van der Waals surface area contributed by atoms with Crippen LogP contribution in [0.3, 0.4) is 0 Å². The first-order chi connectivity index (χ1) is 8.20. The highest BCUT2D eigenvalue weighted by atomic mass is 35.5. The van der Waals surface area contributed by atoms with Crippen LogP contribution in [0.15, 0.2) is 30.5 Å². The van der Waals surface area contributed by atoms with E-state index >= 15 is 0 Å². The van der Waals surface area contributed by atoms with E-state index in [4.69, 9.17) is 28.9 Å². The van der Waals surface area contributed by atoms with Gasteiger partial charge in [-0.2, -0.15) is 0 Å². The van der Waals surface area contributed by atoms with Crippen LogP contribution in [-0.4, -0.2) is 16.5 Å². The van der Waals surface area contributed by atoms with Gasteiger partial charge in [-0.3, -0.25) is 0 Å². The van der Waals surface area contributed by atoms with E-state index in [0.29, 0.717) is 23.0 Å². The van der Waals surface area contributed by atoms with E-state index in [1.807, 2.05) is 12.1 Å². The molecule has 0 fully saturated rings. The topological polar surface area (TPSA) is 51.8 Å². The quantitative estimate of drug-likeness (QED) is 0.931. The van der Waals surface area contributed by atoms with E-state index in [0.717, 1.165) is 17.1 Å². The van der Waals surface area contributed by atoms with E-state index in [1.54, 1.807) is 18.3 Å². The Morgan fingerprint density at radius 3 is 2.65 bits per heavy atom. The van der Waals surface area contributed by atoms with E-state index in [9.17, 15) is 0 Å². The Hall–Kier alpha value is -1.16. The molecule has 2 rings (SSSR count). The third-order valence-corrected chi connectivity index (χ3v) is 3.03. The van der Waals surface area contributed by atoms with Crippen LogP contribution in [0.2, 0.25) is 10.0 Å². The summed E-state index contributed by atoms with van der Waals surface area (Å²) in [5.74, 6) is 0.732. The highest BCUT2D eigenvalue weighted by Crippen LogP contribution is 2.27. The molecule has 88 valence electrons. The summed E-state index contributed by atoms with van der Waals surface area (Å²) in [6.45, 7) is 0.533. The molecule has 0 saturated heterocycles. The summed E-state index contributed by atoms with van der Waals surface area (Å²) >= 11 is 11.8. The summed E-state index contributed by atoms with van der Waals surface area (Å²) < 4.78 is 0. The van der Waals surface area contributed by atoms with Crippen molar-refractivity contribution in [3.63, 3.8) is 0 Å². The summed E-state index contributed by atoms with van der Waals surface area (Å²) in [6.07, 6.45) is 2.38. The highest BCUT2D eigenvalue weighted by molar-refractivity contribution is 6.42. The molecule has 1 aromatic heterocycles. The van der Waals surface area contributed by atoms with Crippen LogP contribution in [0.1, 0.15) is 5.82 Å². The lowest BCUT2D eigenvalue weighted by Gasteiger charge is -2.04. The average Bonchev–Trinajstić information content (AvgIpc) is 2.33. The Labute approximate surface area is 110 Å². The van der Waals surface area contributed by atoms with E-state index in [1.165, 1.54) is 0 Å². The van der Waals surface area contributed by atoms with Crippen LogP contribution in [0.5, 0.6) is 0 Å². The number of rotatable bonds is 3. The molecule has 0 aliphatic rings. The largest absolute Gasteiger partial charge is 0.330 e. The van der Waals surface area contributed by atoms with Gasteiger partial charge in [-0.15, -0.1) is 0 Å². The first-order valence-electron chi connectivity index (χ1n) is 5.18. The molecule has 0 aliphatic heterocycles. The fourth-order valence-electron chi connectivity index (χ4n) is 1.46. The van der Waals surface area contributed by atoms with Gasteiger partial charge in [0.25, 0.3) is 0 Å². The van der Waals surface area contributed by atoms with E-state index in [2.05, 4.69) is 9.97 Å². The monoisotopic (exact) mass is 267 g/mol. The van der Waals surface area contributed by atoms with Crippen molar-refractivity contribution in [2.45, 2.75) is 6.42 Å². The molecular formula is C12H11Cl2N3. The summed E-state index contributed by atoms with van der Waals surface area (Å²) in [4.78, 5) is 8.56. The number of nitrogens with two attached hydrogens (primary N) is 1. The van der Waals surface area contributed by atoms with Crippen LogP contribution in [0.4, 0.5) is 0 Å². The molecule has 0 atom stereocenters. The standard InChI is InChI=1S/C12H11Cl2N3/c13-9-2-1-8(7-10(9)14)11-4-6-16-12(17-11)3-5-15/h1-2,4,6-7H,3,5,15H2. The smallest absolute Gasteiger partial charge is 0.130 e. The second kappa shape index (κ2) is 5.45. The van der Waals surface area contributed by atoms with E-state index < -0.39 is 0 Å². The SMILES string of the molecule is NCCc1nccc(-c2ccc(Cl)c(Cl)c2)n1.